The Balaban J connectivity index is 1.41. The smallest absolute Gasteiger partial charge is 0.234 e. The molecule has 2 aliphatic rings. The Morgan fingerprint density at radius 2 is 1.82 bits per heavy atom. The van der Waals surface area contributed by atoms with E-state index in [4.69, 9.17) is 5.73 Å². The number of hydrogen-bond acceptors (Lipinski definition) is 9. The molecule has 0 radical (unpaired) electrons. The zero-order valence-corrected chi connectivity index (χ0v) is 21.4. The molecule has 8 nitrogen and oxygen atoms in total. The molecule has 0 saturated heterocycles. The van der Waals surface area contributed by atoms with Crippen molar-refractivity contribution in [3.8, 4) is 6.07 Å². The highest BCUT2D eigenvalue weighted by atomic mass is 32.2. The number of carbonyl (C=O) groups excluding carboxylic acids is 2. The molecule has 38 heavy (non-hydrogen) atoms. The van der Waals surface area contributed by atoms with Crippen LogP contribution in [0.15, 0.2) is 75.5 Å². The molecule has 1 atom stereocenters. The third-order valence-corrected chi connectivity index (χ3v) is 8.20. The number of nitrogens with two attached hydrogens (primary N) is 1. The molecule has 5 rings (SSSR count). The van der Waals surface area contributed by atoms with Crippen molar-refractivity contribution in [1.29, 1.82) is 5.26 Å². The highest BCUT2D eigenvalue weighted by molar-refractivity contribution is 8.01. The number of rotatable bonds is 6. The van der Waals surface area contributed by atoms with E-state index in [2.05, 4.69) is 21.6 Å². The fourth-order valence-electron chi connectivity index (χ4n) is 4.50. The van der Waals surface area contributed by atoms with Crippen molar-refractivity contribution in [1.82, 2.24) is 10.2 Å². The molecule has 0 spiro atoms. The van der Waals surface area contributed by atoms with Gasteiger partial charge < -0.3 is 11.1 Å². The maximum absolute atomic E-state index is 13.6. The van der Waals surface area contributed by atoms with Crippen molar-refractivity contribution in [3.63, 3.8) is 0 Å². The lowest BCUT2D eigenvalue weighted by Crippen LogP contribution is -2.38. The van der Waals surface area contributed by atoms with E-state index in [0.717, 1.165) is 11.8 Å². The minimum Gasteiger partial charge on any atom is -0.384 e. The average Bonchev–Trinajstić information content (AvgIpc) is 3.37. The normalized spacial score (nSPS) is 17.3. The Kier molecular flexibility index (Phi) is 7.22. The molecule has 1 aromatic heterocycles. The van der Waals surface area contributed by atoms with Gasteiger partial charge in [-0.15, -0.1) is 10.2 Å². The number of thioether (sulfide) groups is 1. The maximum Gasteiger partial charge on any atom is 0.234 e. The van der Waals surface area contributed by atoms with Crippen LogP contribution in [0.1, 0.15) is 30.7 Å². The summed E-state index contributed by atoms with van der Waals surface area (Å²) >= 11 is 2.34. The molecule has 192 valence electrons. The fourth-order valence-corrected chi connectivity index (χ4v) is 6.18. The van der Waals surface area contributed by atoms with E-state index in [1.54, 1.807) is 17.0 Å². The number of amides is 1. The van der Waals surface area contributed by atoms with Gasteiger partial charge >= 0.3 is 0 Å². The summed E-state index contributed by atoms with van der Waals surface area (Å²) in [7, 11) is 0. The van der Waals surface area contributed by atoms with Gasteiger partial charge in [0, 0.05) is 23.4 Å². The number of nitriles is 1. The third kappa shape index (κ3) is 5.03. The van der Waals surface area contributed by atoms with Gasteiger partial charge in [0.05, 0.1) is 23.3 Å². The summed E-state index contributed by atoms with van der Waals surface area (Å²) in [5, 5.41) is 21.5. The molecule has 0 bridgehead atoms. The van der Waals surface area contributed by atoms with Gasteiger partial charge in [-0.2, -0.15) is 5.26 Å². The summed E-state index contributed by atoms with van der Waals surface area (Å²) in [6.07, 6.45) is 1.49. The van der Waals surface area contributed by atoms with E-state index >= 15 is 0 Å². The van der Waals surface area contributed by atoms with Crippen molar-refractivity contribution in [2.24, 2.45) is 5.73 Å². The number of hydrogen-bond donors (Lipinski definition) is 2. The summed E-state index contributed by atoms with van der Waals surface area (Å²) in [4.78, 5) is 27.1. The van der Waals surface area contributed by atoms with Crippen molar-refractivity contribution in [2.75, 3.05) is 16.0 Å². The number of benzene rings is 2. The Morgan fingerprint density at radius 3 is 2.50 bits per heavy atom. The number of ketones is 1. The minimum atomic E-state index is -0.698. The number of nitrogens with zero attached hydrogens (tertiary/aromatic N) is 4. The first-order valence-electron chi connectivity index (χ1n) is 11.6. The Morgan fingerprint density at radius 1 is 1.13 bits per heavy atom. The molecule has 2 aromatic carbocycles. The highest BCUT2D eigenvalue weighted by Gasteiger charge is 2.41. The molecule has 1 unspecified atom stereocenters. The lowest BCUT2D eigenvalue weighted by atomic mass is 9.76. The molecule has 0 fully saturated rings. The topological polar surface area (TPSA) is 125 Å². The zero-order valence-electron chi connectivity index (χ0n) is 19.8. The van der Waals surface area contributed by atoms with Crippen LogP contribution in [0, 0.1) is 23.0 Å². The van der Waals surface area contributed by atoms with Crippen molar-refractivity contribution < 1.29 is 18.4 Å². The van der Waals surface area contributed by atoms with Gasteiger partial charge in [-0.25, -0.2) is 8.78 Å². The van der Waals surface area contributed by atoms with Gasteiger partial charge in [0.2, 0.25) is 11.0 Å². The van der Waals surface area contributed by atoms with Crippen molar-refractivity contribution in [3.05, 3.63) is 88.4 Å². The SMILES string of the molecule is N#CC1=C(N)N(c2nnc(SCC(=O)Nc3ccc(F)cc3)s2)C2=C(C(=O)CCC2)C1c1ccc(F)cc1. The van der Waals surface area contributed by atoms with E-state index < -0.39 is 17.6 Å². The number of nitrogens with one attached hydrogen (secondary N) is 1. The van der Waals surface area contributed by atoms with Crippen molar-refractivity contribution in [2.45, 2.75) is 29.5 Å². The van der Waals surface area contributed by atoms with Gasteiger partial charge in [-0.3, -0.25) is 14.5 Å². The van der Waals surface area contributed by atoms with Crippen LogP contribution in [0.2, 0.25) is 0 Å². The predicted octanol–water partition coefficient (Wildman–Crippen LogP) is 4.85. The Hall–Kier alpha value is -4.08. The molecule has 0 saturated carbocycles. The van der Waals surface area contributed by atoms with Crippen LogP contribution >= 0.6 is 23.1 Å². The molecular formula is C26H20F2N6O2S2. The standard InChI is InChI=1S/C26H20F2N6O2S2/c27-15-6-4-14(5-7-15)22-18(12-29)24(30)34(19-2-1-3-20(35)23(19)22)25-32-33-26(38-25)37-13-21(36)31-17-10-8-16(28)9-11-17/h4-11,22H,1-3,13,30H2,(H,31,36). The van der Waals surface area contributed by atoms with Crippen LogP contribution < -0.4 is 16.0 Å². The van der Waals surface area contributed by atoms with Crippen LogP contribution in [0.3, 0.4) is 0 Å². The molecule has 3 N–H and O–H groups in total. The number of carbonyl (C=O) groups is 2. The fraction of sp³-hybridized carbons (Fsp3) is 0.192. The summed E-state index contributed by atoms with van der Waals surface area (Å²) in [6, 6.07) is 13.3. The number of halogens is 2. The number of aromatic nitrogens is 2. The molecule has 2 heterocycles. The predicted molar refractivity (Wildman–Crippen MR) is 140 cm³/mol. The van der Waals surface area contributed by atoms with Crippen LogP contribution in [-0.4, -0.2) is 27.6 Å². The minimum absolute atomic E-state index is 0.0415. The summed E-state index contributed by atoms with van der Waals surface area (Å²) in [6.45, 7) is 0. The van der Waals surface area contributed by atoms with Gasteiger partial charge in [-0.05, 0) is 54.8 Å². The first kappa shape index (κ1) is 25.6. The monoisotopic (exact) mass is 550 g/mol. The second-order valence-electron chi connectivity index (χ2n) is 8.56. The molecule has 1 aliphatic carbocycles. The van der Waals surface area contributed by atoms with Crippen LogP contribution in [0.5, 0.6) is 0 Å². The third-order valence-electron chi connectivity index (χ3n) is 6.16. The average molecular weight is 551 g/mol. The number of Topliss-reactive ketones (excluding diaryl/α,β-unsaturated/α-hetero) is 1. The van der Waals surface area contributed by atoms with Gasteiger partial charge in [-0.1, -0.05) is 35.2 Å². The summed E-state index contributed by atoms with van der Waals surface area (Å²) < 4.78 is 27.2. The zero-order chi connectivity index (χ0) is 26.8. The Labute approximate surface area is 224 Å². The quantitative estimate of drug-likeness (QED) is 0.417. The van der Waals surface area contributed by atoms with Crippen LogP contribution in [0.25, 0.3) is 0 Å². The molecule has 3 aromatic rings. The molecule has 12 heteroatoms. The first-order valence-corrected chi connectivity index (χ1v) is 13.4. The van der Waals surface area contributed by atoms with Crippen LogP contribution in [0.4, 0.5) is 19.6 Å². The van der Waals surface area contributed by atoms with E-state index in [9.17, 15) is 23.6 Å². The largest absolute Gasteiger partial charge is 0.384 e. The lowest BCUT2D eigenvalue weighted by molar-refractivity contribution is -0.116. The number of anilines is 2. The lowest BCUT2D eigenvalue weighted by Gasteiger charge is -2.38. The Bertz CT molecular complexity index is 1510. The molecule has 1 aliphatic heterocycles. The van der Waals surface area contributed by atoms with E-state index in [0.29, 0.717) is 51.3 Å². The van der Waals surface area contributed by atoms with Crippen LogP contribution in [-0.2, 0) is 9.59 Å². The molecule has 1 amide bonds. The first-order chi connectivity index (χ1) is 18.4. The summed E-state index contributed by atoms with van der Waals surface area (Å²) in [5.74, 6) is -1.73. The van der Waals surface area contributed by atoms with E-state index in [1.165, 1.54) is 47.7 Å². The van der Waals surface area contributed by atoms with E-state index in [1.807, 2.05) is 0 Å². The maximum atomic E-state index is 13.6. The van der Waals surface area contributed by atoms with Gasteiger partial charge in [0.15, 0.2) is 10.1 Å². The number of allylic oxidation sites excluding steroid dienone is 3. The van der Waals surface area contributed by atoms with E-state index in [-0.39, 0.29) is 28.8 Å². The second-order valence-corrected chi connectivity index (χ2v) is 10.7. The molecular weight excluding hydrogens is 530 g/mol. The van der Waals surface area contributed by atoms with Gasteiger partial charge in [0.25, 0.3) is 0 Å². The van der Waals surface area contributed by atoms with Gasteiger partial charge in [0.1, 0.15) is 17.5 Å². The van der Waals surface area contributed by atoms with Crippen molar-refractivity contribution >= 4 is 45.6 Å². The second kappa shape index (κ2) is 10.7. The highest BCUT2D eigenvalue weighted by Crippen LogP contribution is 2.47. The summed E-state index contributed by atoms with van der Waals surface area (Å²) in [5.41, 5.74) is 8.87.